The standard InChI is InChI=1S/C13H9ClN2O4/c14-10-5-2-1-4-9(10)12(17)8-15-7-3-6-11(13(15)18)16(19)20/h1-7H,8H2. The SMILES string of the molecule is O=C(Cn1cccc([N+](=O)[O-])c1=O)c1ccccc1Cl. The van der Waals surface area contributed by atoms with Crippen LogP contribution in [-0.4, -0.2) is 15.3 Å². The summed E-state index contributed by atoms with van der Waals surface area (Å²) < 4.78 is 0.990. The quantitative estimate of drug-likeness (QED) is 0.492. The molecule has 0 unspecified atom stereocenters. The van der Waals surface area contributed by atoms with E-state index in [1.165, 1.54) is 18.3 Å². The summed E-state index contributed by atoms with van der Waals surface area (Å²) in [5, 5.41) is 10.9. The highest BCUT2D eigenvalue weighted by Crippen LogP contribution is 2.16. The lowest BCUT2D eigenvalue weighted by Crippen LogP contribution is -2.25. The average Bonchev–Trinajstić information content (AvgIpc) is 2.41. The smallest absolute Gasteiger partial charge is 0.302 e. The van der Waals surface area contributed by atoms with Gasteiger partial charge < -0.3 is 4.57 Å². The highest BCUT2D eigenvalue weighted by Gasteiger charge is 2.16. The maximum absolute atomic E-state index is 12.1. The van der Waals surface area contributed by atoms with Gasteiger partial charge in [0, 0.05) is 17.8 Å². The van der Waals surface area contributed by atoms with Crippen LogP contribution in [0.4, 0.5) is 5.69 Å². The lowest BCUT2D eigenvalue weighted by Gasteiger charge is -2.06. The number of halogens is 1. The van der Waals surface area contributed by atoms with Crippen LogP contribution in [0.3, 0.4) is 0 Å². The van der Waals surface area contributed by atoms with Gasteiger partial charge in [-0.2, -0.15) is 0 Å². The molecule has 20 heavy (non-hydrogen) atoms. The van der Waals surface area contributed by atoms with Crippen molar-refractivity contribution in [2.24, 2.45) is 0 Å². The molecule has 0 amide bonds. The van der Waals surface area contributed by atoms with Gasteiger partial charge in [-0.15, -0.1) is 0 Å². The minimum atomic E-state index is -0.821. The zero-order chi connectivity index (χ0) is 14.7. The molecule has 7 heteroatoms. The van der Waals surface area contributed by atoms with Gasteiger partial charge in [0.15, 0.2) is 5.78 Å². The molecule has 1 aromatic heterocycles. The van der Waals surface area contributed by atoms with E-state index >= 15 is 0 Å². The molecular formula is C13H9ClN2O4. The van der Waals surface area contributed by atoms with Gasteiger partial charge >= 0.3 is 11.2 Å². The highest BCUT2D eigenvalue weighted by molar-refractivity contribution is 6.33. The molecule has 0 atom stereocenters. The molecule has 1 heterocycles. The molecule has 0 aliphatic carbocycles. The Balaban J connectivity index is 2.34. The molecule has 0 aliphatic rings. The summed E-state index contributed by atoms with van der Waals surface area (Å²) in [6, 6.07) is 8.87. The molecular weight excluding hydrogens is 284 g/mol. The fourth-order valence-electron chi connectivity index (χ4n) is 1.71. The maximum Gasteiger partial charge on any atom is 0.334 e. The third-order valence-corrected chi connectivity index (χ3v) is 3.01. The zero-order valence-corrected chi connectivity index (χ0v) is 10.9. The van der Waals surface area contributed by atoms with Gasteiger partial charge in [0.25, 0.3) is 0 Å². The first-order chi connectivity index (χ1) is 9.50. The number of hydrogen-bond acceptors (Lipinski definition) is 4. The summed E-state index contributed by atoms with van der Waals surface area (Å²) >= 11 is 5.89. The maximum atomic E-state index is 12.1. The van der Waals surface area contributed by atoms with Crippen LogP contribution in [-0.2, 0) is 6.54 Å². The van der Waals surface area contributed by atoms with Crippen molar-refractivity contribution in [3.63, 3.8) is 0 Å². The van der Waals surface area contributed by atoms with E-state index in [9.17, 15) is 19.7 Å². The monoisotopic (exact) mass is 292 g/mol. The van der Waals surface area contributed by atoms with Crippen molar-refractivity contribution in [3.8, 4) is 0 Å². The molecule has 6 nitrogen and oxygen atoms in total. The van der Waals surface area contributed by atoms with Gasteiger partial charge in [0.2, 0.25) is 0 Å². The van der Waals surface area contributed by atoms with E-state index < -0.39 is 22.0 Å². The molecule has 0 spiro atoms. The molecule has 1 aromatic carbocycles. The molecule has 0 saturated carbocycles. The zero-order valence-electron chi connectivity index (χ0n) is 10.2. The molecule has 0 fully saturated rings. The summed E-state index contributed by atoms with van der Waals surface area (Å²) in [7, 11) is 0. The summed E-state index contributed by atoms with van der Waals surface area (Å²) in [5.74, 6) is -0.391. The molecule has 2 rings (SSSR count). The first-order valence-electron chi connectivity index (χ1n) is 5.62. The highest BCUT2D eigenvalue weighted by atomic mass is 35.5. The van der Waals surface area contributed by atoms with Gasteiger partial charge in [-0.3, -0.25) is 19.7 Å². The number of ketones is 1. The van der Waals surface area contributed by atoms with Crippen molar-refractivity contribution >= 4 is 23.1 Å². The Kier molecular flexibility index (Phi) is 3.95. The van der Waals surface area contributed by atoms with Crippen molar-refractivity contribution in [1.82, 2.24) is 4.57 Å². The fourth-order valence-corrected chi connectivity index (χ4v) is 1.96. The van der Waals surface area contributed by atoms with Crippen molar-refractivity contribution < 1.29 is 9.72 Å². The number of hydrogen-bond donors (Lipinski definition) is 0. The van der Waals surface area contributed by atoms with E-state index in [0.29, 0.717) is 0 Å². The number of pyridine rings is 1. The molecule has 0 N–H and O–H groups in total. The summed E-state index contributed by atoms with van der Waals surface area (Å²) in [6.45, 7) is -0.301. The van der Waals surface area contributed by atoms with Crippen molar-refractivity contribution in [2.45, 2.75) is 6.54 Å². The Hall–Kier alpha value is -2.47. The first-order valence-corrected chi connectivity index (χ1v) is 6.00. The Morgan fingerprint density at radius 2 is 1.95 bits per heavy atom. The lowest BCUT2D eigenvalue weighted by atomic mass is 10.1. The Labute approximate surface area is 118 Å². The Morgan fingerprint density at radius 1 is 1.25 bits per heavy atom. The van der Waals surface area contributed by atoms with Crippen LogP contribution in [0, 0.1) is 10.1 Å². The number of benzene rings is 1. The molecule has 0 saturated heterocycles. The third-order valence-electron chi connectivity index (χ3n) is 2.68. The molecule has 0 bridgehead atoms. The largest absolute Gasteiger partial charge is 0.334 e. The van der Waals surface area contributed by atoms with Crippen molar-refractivity contribution in [2.75, 3.05) is 0 Å². The van der Waals surface area contributed by atoms with Gasteiger partial charge in [-0.25, -0.2) is 0 Å². The summed E-state index contributed by atoms with van der Waals surface area (Å²) in [5.41, 5.74) is -1.12. The normalized spacial score (nSPS) is 10.2. The Morgan fingerprint density at radius 3 is 2.60 bits per heavy atom. The topological polar surface area (TPSA) is 82.2 Å². The average molecular weight is 293 g/mol. The predicted octanol–water partition coefficient (Wildman–Crippen LogP) is 2.29. The minimum Gasteiger partial charge on any atom is -0.302 e. The van der Waals surface area contributed by atoms with Crippen LogP contribution in [0.5, 0.6) is 0 Å². The van der Waals surface area contributed by atoms with E-state index in [0.717, 1.165) is 10.6 Å². The first kappa shape index (κ1) is 14.0. The number of nitro groups is 1. The van der Waals surface area contributed by atoms with Gasteiger partial charge in [-0.1, -0.05) is 23.7 Å². The Bertz CT molecular complexity index is 739. The summed E-state index contributed by atoms with van der Waals surface area (Å²) in [6.07, 6.45) is 1.32. The van der Waals surface area contributed by atoms with Crippen LogP contribution in [0.25, 0.3) is 0 Å². The number of carbonyl (C=O) groups is 1. The predicted molar refractivity (Wildman–Crippen MR) is 73.1 cm³/mol. The molecule has 102 valence electrons. The van der Waals surface area contributed by atoms with Crippen LogP contribution >= 0.6 is 11.6 Å². The van der Waals surface area contributed by atoms with Gasteiger partial charge in [0.05, 0.1) is 16.5 Å². The van der Waals surface area contributed by atoms with Crippen molar-refractivity contribution in [3.05, 3.63) is 73.6 Å². The van der Waals surface area contributed by atoms with Crippen LogP contribution < -0.4 is 5.56 Å². The number of carbonyl (C=O) groups excluding carboxylic acids is 1. The minimum absolute atomic E-state index is 0.271. The molecule has 0 radical (unpaired) electrons. The third kappa shape index (κ3) is 2.75. The number of aromatic nitrogens is 1. The van der Waals surface area contributed by atoms with E-state index in [-0.39, 0.29) is 17.1 Å². The van der Waals surface area contributed by atoms with E-state index in [2.05, 4.69) is 0 Å². The second-order valence-electron chi connectivity index (χ2n) is 3.99. The number of rotatable bonds is 4. The molecule has 2 aromatic rings. The number of Topliss-reactive ketones (excluding diaryl/α,β-unsaturated/α-hetero) is 1. The van der Waals surface area contributed by atoms with E-state index in [1.807, 2.05) is 0 Å². The second kappa shape index (κ2) is 5.66. The fraction of sp³-hybridized carbons (Fsp3) is 0.0769. The summed E-state index contributed by atoms with van der Waals surface area (Å²) in [4.78, 5) is 33.7. The lowest BCUT2D eigenvalue weighted by molar-refractivity contribution is -0.386. The second-order valence-corrected chi connectivity index (χ2v) is 4.39. The van der Waals surface area contributed by atoms with Crippen molar-refractivity contribution in [1.29, 1.82) is 0 Å². The van der Waals surface area contributed by atoms with E-state index in [1.54, 1.807) is 18.2 Å². The van der Waals surface area contributed by atoms with Crippen LogP contribution in [0.2, 0.25) is 5.02 Å². The van der Waals surface area contributed by atoms with E-state index in [4.69, 9.17) is 11.6 Å². The molecule has 0 aliphatic heterocycles. The van der Waals surface area contributed by atoms with Gasteiger partial charge in [0.1, 0.15) is 0 Å². The van der Waals surface area contributed by atoms with Gasteiger partial charge in [-0.05, 0) is 18.2 Å². The number of nitrogens with zero attached hydrogens (tertiary/aromatic N) is 2. The van der Waals surface area contributed by atoms with Crippen LogP contribution in [0.15, 0.2) is 47.4 Å². The van der Waals surface area contributed by atoms with Crippen LogP contribution in [0.1, 0.15) is 10.4 Å².